The molecule has 5 heteroatoms. The van der Waals surface area contributed by atoms with Gasteiger partial charge in [0, 0.05) is 32.7 Å². The third kappa shape index (κ3) is 4.46. The second-order valence-electron chi connectivity index (χ2n) is 7.69. The van der Waals surface area contributed by atoms with Gasteiger partial charge in [-0.1, -0.05) is 19.3 Å². The molecule has 3 fully saturated rings. The lowest BCUT2D eigenvalue weighted by atomic mass is 9.73. The average molecular weight is 324 g/mol. The number of nitrogens with zero attached hydrogens (tertiary/aromatic N) is 2. The molecule has 0 amide bonds. The molecule has 3 rings (SSSR count). The highest BCUT2D eigenvalue weighted by Gasteiger charge is 2.38. The number of morpholine rings is 1. The number of carbonyl (C=O) groups excluding carboxylic acids is 1. The highest BCUT2D eigenvalue weighted by Crippen LogP contribution is 2.39. The Hall–Kier alpha value is -0.650. The highest BCUT2D eigenvalue weighted by molar-refractivity contribution is 5.72. The molecule has 0 aromatic heterocycles. The van der Waals surface area contributed by atoms with Gasteiger partial charge in [0.1, 0.15) is 0 Å². The summed E-state index contributed by atoms with van der Waals surface area (Å²) in [5, 5.41) is 0. The Morgan fingerprint density at radius 1 is 1.09 bits per heavy atom. The highest BCUT2D eigenvalue weighted by atomic mass is 16.5. The first-order valence-electron chi connectivity index (χ1n) is 9.31. The summed E-state index contributed by atoms with van der Waals surface area (Å²) in [4.78, 5) is 16.9. The fourth-order valence-corrected chi connectivity index (χ4v) is 4.71. The van der Waals surface area contributed by atoms with E-state index in [1.165, 1.54) is 45.8 Å². The van der Waals surface area contributed by atoms with Gasteiger partial charge in [0.2, 0.25) is 0 Å². The summed E-state index contributed by atoms with van der Waals surface area (Å²) in [6, 6.07) is 0. The number of likely N-dealkylation sites (tertiary alicyclic amines) is 1. The van der Waals surface area contributed by atoms with Crippen LogP contribution in [0.25, 0.3) is 0 Å². The van der Waals surface area contributed by atoms with Gasteiger partial charge in [-0.05, 0) is 31.2 Å². The maximum atomic E-state index is 11.8. The van der Waals surface area contributed by atoms with E-state index < -0.39 is 0 Å². The molecule has 0 N–H and O–H groups in total. The van der Waals surface area contributed by atoms with Crippen molar-refractivity contribution in [1.82, 2.24) is 9.80 Å². The molecule has 3 aliphatic rings. The molecule has 23 heavy (non-hydrogen) atoms. The van der Waals surface area contributed by atoms with Crippen molar-refractivity contribution in [2.45, 2.75) is 38.5 Å². The van der Waals surface area contributed by atoms with Gasteiger partial charge in [-0.25, -0.2) is 0 Å². The molecule has 0 unspecified atom stereocenters. The van der Waals surface area contributed by atoms with Crippen molar-refractivity contribution in [3.05, 3.63) is 0 Å². The van der Waals surface area contributed by atoms with Crippen LogP contribution in [0.15, 0.2) is 0 Å². The first-order valence-corrected chi connectivity index (χ1v) is 9.31. The SMILES string of the molecule is COC(=O)[C@H]1CCN(CC2(CN3CCOCC3)CCCCC2)C1. The van der Waals surface area contributed by atoms with Crippen molar-refractivity contribution in [1.29, 1.82) is 0 Å². The van der Waals surface area contributed by atoms with Crippen molar-refractivity contribution < 1.29 is 14.3 Å². The number of carbonyl (C=O) groups is 1. The molecule has 2 heterocycles. The third-order valence-corrected chi connectivity index (χ3v) is 5.94. The summed E-state index contributed by atoms with van der Waals surface area (Å²) in [5.74, 6) is 0.0578. The van der Waals surface area contributed by atoms with Crippen molar-refractivity contribution in [3.63, 3.8) is 0 Å². The number of methoxy groups -OCH3 is 1. The van der Waals surface area contributed by atoms with E-state index in [0.717, 1.165) is 52.4 Å². The minimum absolute atomic E-state index is 0.0293. The minimum Gasteiger partial charge on any atom is -0.469 e. The number of hydrogen-bond acceptors (Lipinski definition) is 5. The van der Waals surface area contributed by atoms with Gasteiger partial charge in [-0.2, -0.15) is 0 Å². The number of esters is 1. The van der Waals surface area contributed by atoms with Gasteiger partial charge in [-0.15, -0.1) is 0 Å². The molecule has 2 saturated heterocycles. The largest absolute Gasteiger partial charge is 0.469 e. The van der Waals surface area contributed by atoms with Gasteiger partial charge >= 0.3 is 5.97 Å². The molecule has 0 bridgehead atoms. The van der Waals surface area contributed by atoms with Crippen LogP contribution in [0.5, 0.6) is 0 Å². The topological polar surface area (TPSA) is 42.0 Å². The van der Waals surface area contributed by atoms with Crippen LogP contribution < -0.4 is 0 Å². The molecular weight excluding hydrogens is 292 g/mol. The van der Waals surface area contributed by atoms with Crippen LogP contribution in [0.4, 0.5) is 0 Å². The van der Waals surface area contributed by atoms with Gasteiger partial charge in [0.15, 0.2) is 0 Å². The van der Waals surface area contributed by atoms with E-state index in [0.29, 0.717) is 5.41 Å². The molecule has 5 nitrogen and oxygen atoms in total. The predicted molar refractivity (Wildman–Crippen MR) is 89.3 cm³/mol. The Morgan fingerprint density at radius 3 is 2.48 bits per heavy atom. The molecule has 0 radical (unpaired) electrons. The minimum atomic E-state index is -0.0293. The van der Waals surface area contributed by atoms with Gasteiger partial charge in [0.05, 0.1) is 26.2 Å². The number of ether oxygens (including phenoxy) is 2. The smallest absolute Gasteiger partial charge is 0.310 e. The molecule has 0 spiro atoms. The summed E-state index contributed by atoms with van der Waals surface area (Å²) < 4.78 is 10.4. The summed E-state index contributed by atoms with van der Waals surface area (Å²) in [7, 11) is 1.51. The van der Waals surface area contributed by atoms with Crippen LogP contribution in [0.2, 0.25) is 0 Å². The lowest BCUT2D eigenvalue weighted by molar-refractivity contribution is -0.145. The summed E-state index contributed by atoms with van der Waals surface area (Å²) in [6.45, 7) is 8.20. The molecule has 0 aromatic carbocycles. The van der Waals surface area contributed by atoms with Gasteiger partial charge < -0.3 is 14.4 Å². The maximum absolute atomic E-state index is 11.8. The first-order chi connectivity index (χ1) is 11.2. The van der Waals surface area contributed by atoms with E-state index in [2.05, 4.69) is 9.80 Å². The van der Waals surface area contributed by atoms with Crippen molar-refractivity contribution in [2.75, 3.05) is 59.6 Å². The van der Waals surface area contributed by atoms with E-state index in [1.54, 1.807) is 0 Å². The molecule has 2 aliphatic heterocycles. The zero-order valence-electron chi connectivity index (χ0n) is 14.6. The molecule has 1 aliphatic carbocycles. The fourth-order valence-electron chi connectivity index (χ4n) is 4.71. The van der Waals surface area contributed by atoms with E-state index >= 15 is 0 Å². The Balaban J connectivity index is 1.59. The molecule has 0 aromatic rings. The second-order valence-corrected chi connectivity index (χ2v) is 7.69. The molecule has 1 atom stereocenters. The van der Waals surface area contributed by atoms with Crippen LogP contribution in [0, 0.1) is 11.3 Å². The average Bonchev–Trinajstić information content (AvgIpc) is 3.04. The van der Waals surface area contributed by atoms with Crippen LogP contribution in [-0.2, 0) is 14.3 Å². The zero-order chi connectivity index (χ0) is 16.1. The van der Waals surface area contributed by atoms with E-state index in [-0.39, 0.29) is 11.9 Å². The van der Waals surface area contributed by atoms with Crippen molar-refractivity contribution in [3.8, 4) is 0 Å². The number of hydrogen-bond donors (Lipinski definition) is 0. The van der Waals surface area contributed by atoms with Gasteiger partial charge in [-0.3, -0.25) is 9.69 Å². The Labute approximate surface area is 140 Å². The molecule has 132 valence electrons. The summed E-state index contributed by atoms with van der Waals surface area (Å²) in [5.41, 5.74) is 0.417. The normalized spacial score (nSPS) is 29.5. The Kier molecular flexibility index (Phi) is 5.94. The lowest BCUT2D eigenvalue weighted by Crippen LogP contribution is -2.49. The maximum Gasteiger partial charge on any atom is 0.310 e. The van der Waals surface area contributed by atoms with Crippen molar-refractivity contribution >= 4 is 5.97 Å². The lowest BCUT2D eigenvalue weighted by Gasteiger charge is -2.44. The van der Waals surface area contributed by atoms with E-state index in [9.17, 15) is 4.79 Å². The third-order valence-electron chi connectivity index (χ3n) is 5.94. The monoisotopic (exact) mass is 324 g/mol. The quantitative estimate of drug-likeness (QED) is 0.721. The molecular formula is C18H32N2O3. The van der Waals surface area contributed by atoms with Crippen LogP contribution in [0.3, 0.4) is 0 Å². The Bertz CT molecular complexity index is 390. The predicted octanol–water partition coefficient (Wildman–Crippen LogP) is 1.76. The van der Waals surface area contributed by atoms with Crippen LogP contribution in [0.1, 0.15) is 38.5 Å². The molecule has 1 saturated carbocycles. The summed E-state index contributed by atoms with van der Waals surface area (Å²) >= 11 is 0. The fraction of sp³-hybridized carbons (Fsp3) is 0.944. The van der Waals surface area contributed by atoms with Crippen molar-refractivity contribution in [2.24, 2.45) is 11.3 Å². The van der Waals surface area contributed by atoms with Crippen LogP contribution in [-0.4, -0.2) is 75.4 Å². The standard InChI is InChI=1S/C18H32N2O3/c1-22-17(21)16-5-8-20(13-16)15-18(6-3-2-4-7-18)14-19-9-11-23-12-10-19/h16H,2-15H2,1H3/t16-/m0/s1. The number of rotatable bonds is 5. The second kappa shape index (κ2) is 7.95. The zero-order valence-corrected chi connectivity index (χ0v) is 14.6. The first kappa shape index (κ1) is 17.2. The Morgan fingerprint density at radius 2 is 1.78 bits per heavy atom. The van der Waals surface area contributed by atoms with Gasteiger partial charge in [0.25, 0.3) is 0 Å². The summed E-state index contributed by atoms with van der Waals surface area (Å²) in [6.07, 6.45) is 7.74. The van der Waals surface area contributed by atoms with E-state index in [4.69, 9.17) is 9.47 Å². The van der Waals surface area contributed by atoms with E-state index in [1.807, 2.05) is 0 Å². The van der Waals surface area contributed by atoms with Crippen LogP contribution >= 0.6 is 0 Å².